The molecule has 3 aromatic carbocycles. The largest absolute Gasteiger partial charge is 0.254 e. The first-order chi connectivity index (χ1) is 12.6. The summed E-state index contributed by atoms with van der Waals surface area (Å²) in [5.41, 5.74) is 3.16. The average Bonchev–Trinajstić information content (AvgIpc) is 3.08. The molecule has 1 atom stereocenters. The summed E-state index contributed by atoms with van der Waals surface area (Å²) in [6, 6.07) is 20.6. The third-order valence-electron chi connectivity index (χ3n) is 4.44. The van der Waals surface area contributed by atoms with Crippen LogP contribution in [0.4, 0.5) is 14.5 Å². The maximum atomic E-state index is 14.4. The molecule has 0 spiro atoms. The number of hydrazone groups is 1. The van der Waals surface area contributed by atoms with Crippen molar-refractivity contribution in [3.8, 4) is 0 Å². The highest BCUT2D eigenvalue weighted by Gasteiger charge is 2.31. The molecule has 130 valence electrons. The van der Waals surface area contributed by atoms with E-state index in [2.05, 4.69) is 15.9 Å². The number of anilines is 1. The Morgan fingerprint density at radius 2 is 1.58 bits per heavy atom. The zero-order valence-corrected chi connectivity index (χ0v) is 15.3. The van der Waals surface area contributed by atoms with E-state index in [1.165, 1.54) is 18.2 Å². The summed E-state index contributed by atoms with van der Waals surface area (Å²) >= 11 is 3.43. The van der Waals surface area contributed by atoms with Crippen LogP contribution < -0.4 is 5.01 Å². The van der Waals surface area contributed by atoms with Gasteiger partial charge in [0, 0.05) is 10.9 Å². The Kier molecular flexibility index (Phi) is 4.55. The molecular formula is C21H15BrF2N2. The van der Waals surface area contributed by atoms with Gasteiger partial charge in [0.05, 0.1) is 17.4 Å². The number of hydrogen-bond donors (Lipinski definition) is 0. The van der Waals surface area contributed by atoms with Crippen LogP contribution in [0.3, 0.4) is 0 Å². The Hall–Kier alpha value is -2.53. The Morgan fingerprint density at radius 3 is 2.27 bits per heavy atom. The smallest absolute Gasteiger partial charge is 0.148 e. The van der Waals surface area contributed by atoms with Crippen LogP contribution in [0.25, 0.3) is 0 Å². The number of nitrogens with zero attached hydrogens (tertiary/aromatic N) is 2. The number of hydrogen-bond acceptors (Lipinski definition) is 2. The summed E-state index contributed by atoms with van der Waals surface area (Å²) in [5.74, 6) is -0.626. The first-order valence-electron chi connectivity index (χ1n) is 8.24. The quantitative estimate of drug-likeness (QED) is 0.508. The van der Waals surface area contributed by atoms with Crippen molar-refractivity contribution >= 4 is 27.3 Å². The third-order valence-corrected chi connectivity index (χ3v) is 4.97. The van der Waals surface area contributed by atoms with Crippen LogP contribution in [0.15, 0.2) is 82.4 Å². The molecule has 1 heterocycles. The van der Waals surface area contributed by atoms with E-state index in [-0.39, 0.29) is 17.7 Å². The van der Waals surface area contributed by atoms with Gasteiger partial charge in [0.15, 0.2) is 0 Å². The second kappa shape index (κ2) is 7.00. The second-order valence-electron chi connectivity index (χ2n) is 6.12. The minimum atomic E-state index is -0.333. The van der Waals surface area contributed by atoms with Crippen LogP contribution in [0.5, 0.6) is 0 Å². The maximum Gasteiger partial charge on any atom is 0.148 e. The molecule has 1 unspecified atom stereocenters. The Bertz CT molecular complexity index is 953. The molecule has 3 aromatic rings. The molecule has 0 saturated heterocycles. The molecule has 0 fully saturated rings. The summed E-state index contributed by atoms with van der Waals surface area (Å²) in [5, 5.41) is 6.39. The second-order valence-corrected chi connectivity index (χ2v) is 7.04. The van der Waals surface area contributed by atoms with Crippen molar-refractivity contribution in [3.63, 3.8) is 0 Å². The van der Waals surface area contributed by atoms with Gasteiger partial charge in [-0.15, -0.1) is 0 Å². The van der Waals surface area contributed by atoms with E-state index in [1.807, 2.05) is 24.3 Å². The lowest BCUT2D eigenvalue weighted by atomic mass is 9.98. The first-order valence-corrected chi connectivity index (χ1v) is 9.04. The molecule has 0 saturated carbocycles. The Morgan fingerprint density at radius 1 is 0.885 bits per heavy atom. The molecule has 0 amide bonds. The number of benzene rings is 3. The maximum absolute atomic E-state index is 14.4. The standard InChI is InChI=1S/C21H15BrF2N2/c22-16-9-5-14(6-10-16)19-13-21(15-7-11-17(23)12-8-15)26(25-19)20-4-2-1-3-18(20)24/h1-12,21H,13H2. The number of para-hydroxylation sites is 1. The van der Waals surface area contributed by atoms with Gasteiger partial charge >= 0.3 is 0 Å². The first kappa shape index (κ1) is 16.9. The number of halogens is 3. The fourth-order valence-electron chi connectivity index (χ4n) is 3.13. The van der Waals surface area contributed by atoms with Crippen LogP contribution in [0.2, 0.25) is 0 Å². The molecule has 1 aliphatic rings. The molecule has 26 heavy (non-hydrogen) atoms. The van der Waals surface area contributed by atoms with Crippen LogP contribution in [-0.4, -0.2) is 5.71 Å². The SMILES string of the molecule is Fc1ccc(C2CC(c3ccc(Br)cc3)=NN2c2ccccc2F)cc1. The molecule has 1 aliphatic heterocycles. The van der Waals surface area contributed by atoms with Crippen molar-refractivity contribution in [2.24, 2.45) is 5.10 Å². The fourth-order valence-corrected chi connectivity index (χ4v) is 3.40. The van der Waals surface area contributed by atoms with Gasteiger partial charge in [0.25, 0.3) is 0 Å². The van der Waals surface area contributed by atoms with Gasteiger partial charge in [-0.25, -0.2) is 8.78 Å². The minimum absolute atomic E-state index is 0.189. The summed E-state index contributed by atoms with van der Waals surface area (Å²) in [6.45, 7) is 0. The lowest BCUT2D eigenvalue weighted by molar-refractivity contribution is 0.603. The van der Waals surface area contributed by atoms with E-state index >= 15 is 0 Å². The predicted octanol–water partition coefficient (Wildman–Crippen LogP) is 6.08. The number of rotatable bonds is 3. The van der Waals surface area contributed by atoms with E-state index in [4.69, 9.17) is 5.10 Å². The van der Waals surface area contributed by atoms with Crippen molar-refractivity contribution < 1.29 is 8.78 Å². The van der Waals surface area contributed by atoms with Gasteiger partial charge in [-0.3, -0.25) is 5.01 Å². The highest BCUT2D eigenvalue weighted by Crippen LogP contribution is 2.37. The van der Waals surface area contributed by atoms with Crippen molar-refractivity contribution in [2.75, 3.05) is 5.01 Å². The van der Waals surface area contributed by atoms with Gasteiger partial charge < -0.3 is 0 Å². The van der Waals surface area contributed by atoms with E-state index in [1.54, 1.807) is 35.3 Å². The summed E-state index contributed by atoms with van der Waals surface area (Å²) in [6.07, 6.45) is 0.613. The molecule has 4 rings (SSSR count). The highest BCUT2D eigenvalue weighted by molar-refractivity contribution is 9.10. The van der Waals surface area contributed by atoms with Crippen LogP contribution in [-0.2, 0) is 0 Å². The predicted molar refractivity (Wildman–Crippen MR) is 103 cm³/mol. The van der Waals surface area contributed by atoms with Crippen LogP contribution >= 0.6 is 15.9 Å². The molecule has 0 aliphatic carbocycles. The van der Waals surface area contributed by atoms with Crippen molar-refractivity contribution in [2.45, 2.75) is 12.5 Å². The topological polar surface area (TPSA) is 15.6 Å². The molecule has 0 bridgehead atoms. The van der Waals surface area contributed by atoms with Crippen LogP contribution in [0, 0.1) is 11.6 Å². The zero-order chi connectivity index (χ0) is 18.1. The highest BCUT2D eigenvalue weighted by atomic mass is 79.9. The van der Waals surface area contributed by atoms with Gasteiger partial charge in [-0.05, 0) is 47.5 Å². The summed E-state index contributed by atoms with van der Waals surface area (Å²) < 4.78 is 28.7. The van der Waals surface area contributed by atoms with E-state index in [9.17, 15) is 8.78 Å². The monoisotopic (exact) mass is 412 g/mol. The van der Waals surface area contributed by atoms with E-state index in [0.717, 1.165) is 21.3 Å². The minimum Gasteiger partial charge on any atom is -0.254 e. The lowest BCUT2D eigenvalue weighted by Gasteiger charge is -2.24. The molecule has 0 aromatic heterocycles. The molecule has 2 nitrogen and oxygen atoms in total. The third kappa shape index (κ3) is 3.27. The zero-order valence-electron chi connectivity index (χ0n) is 13.7. The van der Waals surface area contributed by atoms with Gasteiger partial charge in [0.2, 0.25) is 0 Å². The van der Waals surface area contributed by atoms with Crippen molar-refractivity contribution in [3.05, 3.63) is 100 Å². The van der Waals surface area contributed by atoms with Crippen molar-refractivity contribution in [1.29, 1.82) is 0 Å². The average molecular weight is 413 g/mol. The molecular weight excluding hydrogens is 398 g/mol. The van der Waals surface area contributed by atoms with Gasteiger partial charge in [-0.1, -0.05) is 52.3 Å². The summed E-state index contributed by atoms with van der Waals surface area (Å²) in [4.78, 5) is 0. The lowest BCUT2D eigenvalue weighted by Crippen LogP contribution is -2.19. The fraction of sp³-hybridized carbons (Fsp3) is 0.0952. The normalized spacial score (nSPS) is 16.7. The Labute approximate surface area is 158 Å². The molecule has 5 heteroatoms. The van der Waals surface area contributed by atoms with E-state index in [0.29, 0.717) is 12.1 Å². The molecule has 0 radical (unpaired) electrons. The molecule has 0 N–H and O–H groups in total. The van der Waals surface area contributed by atoms with Crippen LogP contribution in [0.1, 0.15) is 23.6 Å². The van der Waals surface area contributed by atoms with Crippen molar-refractivity contribution in [1.82, 2.24) is 0 Å². The van der Waals surface area contributed by atoms with E-state index < -0.39 is 0 Å². The van der Waals surface area contributed by atoms with Gasteiger partial charge in [0.1, 0.15) is 11.6 Å². The summed E-state index contributed by atoms with van der Waals surface area (Å²) in [7, 11) is 0. The Balaban J connectivity index is 1.77. The van der Waals surface area contributed by atoms with Gasteiger partial charge in [-0.2, -0.15) is 5.10 Å².